The standard InChI is InChI=1S/C13H20N2O2/c1-3-8-15-9-7-14-12(15)10-11(16)13(17-2)5-4-6-13/h7,9H,3-6,8,10H2,1-2H3. The van der Waals surface area contributed by atoms with Crippen molar-refractivity contribution in [2.45, 2.75) is 51.2 Å². The molecule has 4 heteroatoms. The van der Waals surface area contributed by atoms with Gasteiger partial charge in [0.1, 0.15) is 11.4 Å². The molecule has 1 aliphatic carbocycles. The van der Waals surface area contributed by atoms with Crippen LogP contribution in [0.25, 0.3) is 0 Å². The molecule has 0 unspecified atom stereocenters. The lowest BCUT2D eigenvalue weighted by molar-refractivity contribution is -0.151. The van der Waals surface area contributed by atoms with Crippen molar-refractivity contribution in [2.75, 3.05) is 7.11 Å². The highest BCUT2D eigenvalue weighted by Gasteiger charge is 2.44. The van der Waals surface area contributed by atoms with Crippen molar-refractivity contribution >= 4 is 5.78 Å². The van der Waals surface area contributed by atoms with Crippen LogP contribution in [0.3, 0.4) is 0 Å². The summed E-state index contributed by atoms with van der Waals surface area (Å²) in [5.74, 6) is 1.04. The molecule has 0 amide bonds. The SMILES string of the molecule is CCCn1ccnc1CC(=O)C1(OC)CCC1. The maximum Gasteiger partial charge on any atom is 0.172 e. The number of hydrogen-bond acceptors (Lipinski definition) is 3. The molecule has 0 radical (unpaired) electrons. The lowest BCUT2D eigenvalue weighted by Gasteiger charge is -2.38. The van der Waals surface area contributed by atoms with Gasteiger partial charge in [-0.1, -0.05) is 6.92 Å². The second-order valence-corrected chi connectivity index (χ2v) is 4.69. The summed E-state index contributed by atoms with van der Waals surface area (Å²) < 4.78 is 7.45. The van der Waals surface area contributed by atoms with Gasteiger partial charge in [0, 0.05) is 26.0 Å². The Morgan fingerprint density at radius 2 is 2.35 bits per heavy atom. The van der Waals surface area contributed by atoms with Crippen LogP contribution in [0.15, 0.2) is 12.4 Å². The largest absolute Gasteiger partial charge is 0.370 e. The first-order chi connectivity index (χ1) is 8.22. The van der Waals surface area contributed by atoms with E-state index in [4.69, 9.17) is 4.74 Å². The number of imidazole rings is 1. The number of aryl methyl sites for hydroxylation is 1. The predicted molar refractivity (Wildman–Crippen MR) is 64.8 cm³/mol. The topological polar surface area (TPSA) is 44.1 Å². The van der Waals surface area contributed by atoms with Gasteiger partial charge < -0.3 is 9.30 Å². The van der Waals surface area contributed by atoms with Crippen molar-refractivity contribution in [2.24, 2.45) is 0 Å². The van der Waals surface area contributed by atoms with Crippen molar-refractivity contribution < 1.29 is 9.53 Å². The maximum atomic E-state index is 12.2. The van der Waals surface area contributed by atoms with E-state index in [0.29, 0.717) is 6.42 Å². The van der Waals surface area contributed by atoms with Crippen molar-refractivity contribution in [1.29, 1.82) is 0 Å². The fourth-order valence-electron chi connectivity index (χ4n) is 2.35. The molecule has 1 aromatic heterocycles. The van der Waals surface area contributed by atoms with Crippen molar-refractivity contribution in [3.8, 4) is 0 Å². The summed E-state index contributed by atoms with van der Waals surface area (Å²) >= 11 is 0. The van der Waals surface area contributed by atoms with E-state index in [0.717, 1.165) is 38.1 Å². The zero-order valence-corrected chi connectivity index (χ0v) is 10.6. The molecule has 0 atom stereocenters. The zero-order valence-electron chi connectivity index (χ0n) is 10.6. The van der Waals surface area contributed by atoms with Crippen LogP contribution in [-0.2, 0) is 22.5 Å². The van der Waals surface area contributed by atoms with Gasteiger partial charge in [0.2, 0.25) is 0 Å². The summed E-state index contributed by atoms with van der Waals surface area (Å²) in [5, 5.41) is 0. The Hall–Kier alpha value is -1.16. The highest BCUT2D eigenvalue weighted by atomic mass is 16.5. The third-order valence-corrected chi connectivity index (χ3v) is 3.65. The number of methoxy groups -OCH3 is 1. The Morgan fingerprint density at radius 1 is 1.59 bits per heavy atom. The van der Waals surface area contributed by atoms with E-state index in [2.05, 4.69) is 16.5 Å². The highest BCUT2D eigenvalue weighted by Crippen LogP contribution is 2.36. The molecule has 1 aromatic rings. The molecule has 0 bridgehead atoms. The fourth-order valence-corrected chi connectivity index (χ4v) is 2.35. The predicted octanol–water partition coefficient (Wildman–Crippen LogP) is 1.97. The van der Waals surface area contributed by atoms with Gasteiger partial charge in [-0.05, 0) is 25.7 Å². The quantitative estimate of drug-likeness (QED) is 0.758. The molecule has 0 spiro atoms. The average molecular weight is 236 g/mol. The van der Waals surface area contributed by atoms with Gasteiger partial charge in [-0.3, -0.25) is 4.79 Å². The van der Waals surface area contributed by atoms with E-state index in [-0.39, 0.29) is 5.78 Å². The Balaban J connectivity index is 2.05. The van der Waals surface area contributed by atoms with Crippen LogP contribution in [-0.4, -0.2) is 28.0 Å². The molecule has 4 nitrogen and oxygen atoms in total. The Morgan fingerprint density at radius 3 is 2.88 bits per heavy atom. The van der Waals surface area contributed by atoms with Crippen LogP contribution in [0.1, 0.15) is 38.4 Å². The first-order valence-corrected chi connectivity index (χ1v) is 6.30. The average Bonchev–Trinajstić information content (AvgIpc) is 2.66. The zero-order chi connectivity index (χ0) is 12.3. The van der Waals surface area contributed by atoms with Gasteiger partial charge in [-0.15, -0.1) is 0 Å². The molecule has 94 valence electrons. The molecule has 1 saturated carbocycles. The van der Waals surface area contributed by atoms with E-state index < -0.39 is 5.60 Å². The molecular formula is C13H20N2O2. The van der Waals surface area contributed by atoms with Gasteiger partial charge in [0.25, 0.3) is 0 Å². The summed E-state index contributed by atoms with van der Waals surface area (Å²) in [6, 6.07) is 0. The van der Waals surface area contributed by atoms with Gasteiger partial charge >= 0.3 is 0 Å². The van der Waals surface area contributed by atoms with Gasteiger partial charge in [0.15, 0.2) is 5.78 Å². The summed E-state index contributed by atoms with van der Waals surface area (Å²) in [5.41, 5.74) is -0.511. The molecule has 0 N–H and O–H groups in total. The second-order valence-electron chi connectivity index (χ2n) is 4.69. The summed E-state index contributed by atoms with van der Waals surface area (Å²) in [7, 11) is 1.63. The Kier molecular flexibility index (Phi) is 3.62. The van der Waals surface area contributed by atoms with Gasteiger partial charge in [-0.2, -0.15) is 0 Å². The molecule has 1 fully saturated rings. The van der Waals surface area contributed by atoms with Gasteiger partial charge in [-0.25, -0.2) is 4.98 Å². The van der Waals surface area contributed by atoms with Crippen LogP contribution in [0.2, 0.25) is 0 Å². The summed E-state index contributed by atoms with van der Waals surface area (Å²) in [6.07, 6.45) is 7.94. The smallest absolute Gasteiger partial charge is 0.172 e. The Labute approximate surface area is 102 Å². The first-order valence-electron chi connectivity index (χ1n) is 6.30. The monoisotopic (exact) mass is 236 g/mol. The van der Waals surface area contributed by atoms with Gasteiger partial charge in [0.05, 0.1) is 6.42 Å². The second kappa shape index (κ2) is 5.00. The maximum absolute atomic E-state index is 12.2. The third-order valence-electron chi connectivity index (χ3n) is 3.65. The number of aromatic nitrogens is 2. The molecule has 0 aliphatic heterocycles. The lowest BCUT2D eigenvalue weighted by Crippen LogP contribution is -2.48. The molecule has 0 saturated heterocycles. The first kappa shape index (κ1) is 12.3. The number of ether oxygens (including phenoxy) is 1. The fraction of sp³-hybridized carbons (Fsp3) is 0.692. The number of nitrogens with zero attached hydrogens (tertiary/aromatic N) is 2. The van der Waals surface area contributed by atoms with Crippen LogP contribution >= 0.6 is 0 Å². The number of carbonyl (C=O) groups is 1. The summed E-state index contributed by atoms with van der Waals surface area (Å²) in [4.78, 5) is 16.5. The molecule has 17 heavy (non-hydrogen) atoms. The van der Waals surface area contributed by atoms with Crippen LogP contribution in [0, 0.1) is 0 Å². The van der Waals surface area contributed by atoms with E-state index in [9.17, 15) is 4.79 Å². The highest BCUT2D eigenvalue weighted by molar-refractivity contribution is 5.89. The molecule has 1 aliphatic rings. The minimum Gasteiger partial charge on any atom is -0.370 e. The van der Waals surface area contributed by atoms with E-state index in [1.54, 1.807) is 13.3 Å². The summed E-state index contributed by atoms with van der Waals surface area (Å²) in [6.45, 7) is 3.04. The number of rotatable bonds is 6. The molecule has 2 rings (SSSR count). The number of Topliss-reactive ketones (excluding diaryl/α,β-unsaturated/α-hetero) is 1. The number of ketones is 1. The van der Waals surface area contributed by atoms with Crippen LogP contribution in [0.4, 0.5) is 0 Å². The van der Waals surface area contributed by atoms with E-state index >= 15 is 0 Å². The Bertz CT molecular complexity index is 388. The van der Waals surface area contributed by atoms with E-state index in [1.165, 1.54) is 0 Å². The van der Waals surface area contributed by atoms with Crippen LogP contribution < -0.4 is 0 Å². The minimum atomic E-state index is -0.511. The van der Waals surface area contributed by atoms with E-state index in [1.807, 2.05) is 6.20 Å². The number of hydrogen-bond donors (Lipinski definition) is 0. The normalized spacial score (nSPS) is 17.8. The molecule has 0 aromatic carbocycles. The molecule has 1 heterocycles. The minimum absolute atomic E-state index is 0.176. The lowest BCUT2D eigenvalue weighted by atomic mass is 9.76. The molecular weight excluding hydrogens is 216 g/mol. The number of carbonyl (C=O) groups excluding carboxylic acids is 1. The van der Waals surface area contributed by atoms with Crippen molar-refractivity contribution in [1.82, 2.24) is 9.55 Å². The van der Waals surface area contributed by atoms with Crippen molar-refractivity contribution in [3.63, 3.8) is 0 Å². The van der Waals surface area contributed by atoms with Crippen molar-refractivity contribution in [3.05, 3.63) is 18.2 Å². The van der Waals surface area contributed by atoms with Crippen LogP contribution in [0.5, 0.6) is 0 Å². The third kappa shape index (κ3) is 2.27.